The predicted octanol–water partition coefficient (Wildman–Crippen LogP) is 9.23. The van der Waals surface area contributed by atoms with Gasteiger partial charge in [0, 0.05) is 46.6 Å². The van der Waals surface area contributed by atoms with E-state index in [2.05, 4.69) is 45.9 Å². The minimum absolute atomic E-state index is 0.139. The molecule has 0 spiro atoms. The van der Waals surface area contributed by atoms with Gasteiger partial charge in [0.05, 0.1) is 25.3 Å². The summed E-state index contributed by atoms with van der Waals surface area (Å²) in [5.74, 6) is 0.340. The molecule has 0 aliphatic carbocycles. The van der Waals surface area contributed by atoms with E-state index < -0.39 is 17.3 Å². The standard InChI is InChI=1S/C20H18FN5O3.C12H9ClN4O2.C9H11FO/c1-10-6-13(8-16(28-3)17(10)21)24-19-22-9-11(2)18(26-19)23-12-4-5-15-14(7-12)25-20(27)29-15;1-6-5-14-11(13)17-10(6)15-7-2-3-9-8(4-7)16-12(18)19-9;1-6-4-7(2)9(10)8(5-6)11-3/h4-9H,1-3H3,(H,25,27)(H2,22,23,24,26);2-5H,1H3,(H,16,18)(H,14,15,17);4-5H,1-3H3. The first-order valence-corrected chi connectivity index (χ1v) is 18.1. The molecule has 0 unspecified atom stereocenters. The highest BCUT2D eigenvalue weighted by molar-refractivity contribution is 6.28. The zero-order valence-corrected chi connectivity index (χ0v) is 33.6. The lowest BCUT2D eigenvalue weighted by Crippen LogP contribution is -2.03. The molecule has 0 saturated carbocycles. The Morgan fingerprint density at radius 2 is 1.12 bits per heavy atom. The smallest absolute Gasteiger partial charge is 0.417 e. The van der Waals surface area contributed by atoms with Gasteiger partial charge in [-0.15, -0.1) is 0 Å². The van der Waals surface area contributed by atoms with Crippen LogP contribution in [0.2, 0.25) is 5.28 Å². The predicted molar refractivity (Wildman–Crippen MR) is 222 cm³/mol. The van der Waals surface area contributed by atoms with Crippen molar-refractivity contribution in [3.05, 3.63) is 139 Å². The number of aromatic nitrogens is 6. The Bertz CT molecular complexity index is 2910. The van der Waals surface area contributed by atoms with E-state index in [1.165, 1.54) is 14.2 Å². The number of hydrogen-bond donors (Lipinski definition) is 5. The van der Waals surface area contributed by atoms with E-state index in [9.17, 15) is 18.4 Å². The molecule has 0 aliphatic rings. The molecule has 0 fully saturated rings. The van der Waals surface area contributed by atoms with Crippen LogP contribution in [0.5, 0.6) is 11.5 Å². The van der Waals surface area contributed by atoms with Crippen LogP contribution < -0.4 is 36.9 Å². The number of aryl methyl sites for hydroxylation is 5. The maximum atomic E-state index is 14.0. The minimum Gasteiger partial charge on any atom is -0.494 e. The molecule has 0 atom stereocenters. The SMILES string of the molecule is COc1cc(C)cc(C)c1F.COc1cc(Nc2ncc(C)c(Nc3ccc4oc(=O)[nH]c4c3)n2)cc(C)c1F.Cc1cnc(Cl)nc1Nc1ccc2oc(=O)[nH]c2c1. The van der Waals surface area contributed by atoms with Crippen molar-refractivity contribution in [2.45, 2.75) is 34.6 Å². The number of nitrogens with one attached hydrogen (secondary N) is 5. The summed E-state index contributed by atoms with van der Waals surface area (Å²) in [4.78, 5) is 44.4. The van der Waals surface area contributed by atoms with E-state index in [-0.39, 0.29) is 16.9 Å². The number of nitrogens with zero attached hydrogens (tertiary/aromatic N) is 4. The van der Waals surface area contributed by atoms with E-state index in [1.54, 1.807) is 86.9 Å². The summed E-state index contributed by atoms with van der Waals surface area (Å²) in [6.45, 7) is 9.04. The van der Waals surface area contributed by atoms with Crippen LogP contribution in [0.1, 0.15) is 27.8 Å². The van der Waals surface area contributed by atoms with Crippen molar-refractivity contribution in [3.63, 3.8) is 0 Å². The van der Waals surface area contributed by atoms with E-state index >= 15 is 0 Å². The van der Waals surface area contributed by atoms with Gasteiger partial charge in [-0.25, -0.2) is 33.3 Å². The fourth-order valence-corrected chi connectivity index (χ4v) is 5.79. The Kier molecular flexibility index (Phi) is 12.5. The van der Waals surface area contributed by atoms with Crippen LogP contribution >= 0.6 is 11.6 Å². The van der Waals surface area contributed by atoms with Crippen LogP contribution in [-0.4, -0.2) is 44.1 Å². The average molecular weight is 826 g/mol. The van der Waals surface area contributed by atoms with Crippen molar-refractivity contribution in [1.82, 2.24) is 29.9 Å². The number of anilines is 6. The normalized spacial score (nSPS) is 10.7. The number of oxazole rings is 2. The molecule has 5 N–H and O–H groups in total. The molecule has 4 aromatic carbocycles. The van der Waals surface area contributed by atoms with Crippen molar-refractivity contribution >= 4 is 68.4 Å². The van der Waals surface area contributed by atoms with Crippen molar-refractivity contribution in [2.24, 2.45) is 0 Å². The molecule has 59 heavy (non-hydrogen) atoms. The van der Waals surface area contributed by atoms with Crippen molar-refractivity contribution < 1.29 is 27.1 Å². The molecule has 304 valence electrons. The zero-order chi connectivity index (χ0) is 42.4. The van der Waals surface area contributed by atoms with E-state index in [4.69, 9.17) is 29.9 Å². The lowest BCUT2D eigenvalue weighted by molar-refractivity contribution is 0.384. The molecule has 15 nitrogen and oxygen atoms in total. The summed E-state index contributed by atoms with van der Waals surface area (Å²) in [7, 11) is 2.88. The van der Waals surface area contributed by atoms with Crippen molar-refractivity contribution in [2.75, 3.05) is 30.2 Å². The first-order chi connectivity index (χ1) is 28.2. The van der Waals surface area contributed by atoms with E-state index in [0.717, 1.165) is 28.1 Å². The van der Waals surface area contributed by atoms with Gasteiger partial charge in [-0.2, -0.15) is 4.98 Å². The third kappa shape index (κ3) is 10.2. The number of halogens is 3. The van der Waals surface area contributed by atoms with Crippen LogP contribution in [0.4, 0.5) is 43.4 Å². The molecule has 0 aliphatic heterocycles. The minimum atomic E-state index is -0.508. The van der Waals surface area contributed by atoms with Crippen LogP contribution in [0.25, 0.3) is 22.2 Å². The van der Waals surface area contributed by atoms with Crippen LogP contribution in [0.15, 0.2) is 91.5 Å². The largest absolute Gasteiger partial charge is 0.494 e. The summed E-state index contributed by atoms with van der Waals surface area (Å²) in [5.41, 5.74) is 8.05. The lowest BCUT2D eigenvalue weighted by Gasteiger charge is -2.12. The third-order valence-corrected chi connectivity index (χ3v) is 8.74. The Labute approximate surface area is 339 Å². The summed E-state index contributed by atoms with van der Waals surface area (Å²) in [6, 6.07) is 17.1. The molecule has 0 radical (unpaired) electrons. The fourth-order valence-electron chi connectivity index (χ4n) is 5.66. The molecule has 0 bridgehead atoms. The second kappa shape index (κ2) is 17.9. The van der Waals surface area contributed by atoms with E-state index in [0.29, 0.717) is 62.3 Å². The van der Waals surface area contributed by atoms with Crippen molar-refractivity contribution in [3.8, 4) is 11.5 Å². The van der Waals surface area contributed by atoms with Gasteiger partial charge in [0.2, 0.25) is 11.2 Å². The summed E-state index contributed by atoms with van der Waals surface area (Å²) < 4.78 is 46.9. The number of ether oxygens (including phenoxy) is 2. The van der Waals surface area contributed by atoms with Gasteiger partial charge < -0.3 is 34.3 Å². The van der Waals surface area contributed by atoms with Gasteiger partial charge in [-0.05, 0) is 111 Å². The summed E-state index contributed by atoms with van der Waals surface area (Å²) in [6.07, 6.45) is 3.31. The number of fused-ring (bicyclic) bond motifs is 2. The molecule has 4 aromatic heterocycles. The van der Waals surface area contributed by atoms with Gasteiger partial charge in [0.1, 0.15) is 11.6 Å². The molecule has 0 saturated heterocycles. The van der Waals surface area contributed by atoms with Gasteiger partial charge in [-0.3, -0.25) is 9.97 Å². The highest BCUT2D eigenvalue weighted by Crippen LogP contribution is 2.28. The quantitative estimate of drug-likeness (QED) is 0.0910. The van der Waals surface area contributed by atoms with Crippen LogP contribution in [-0.2, 0) is 0 Å². The maximum Gasteiger partial charge on any atom is 0.417 e. The number of hydrogen-bond acceptors (Lipinski definition) is 13. The van der Waals surface area contributed by atoms with Crippen LogP contribution in [0, 0.1) is 46.3 Å². The topological polar surface area (TPSA) is 198 Å². The molecular weight excluding hydrogens is 788 g/mol. The Hall–Kier alpha value is -7.27. The third-order valence-electron chi connectivity index (χ3n) is 8.56. The van der Waals surface area contributed by atoms with Gasteiger partial charge in [0.15, 0.2) is 34.3 Å². The van der Waals surface area contributed by atoms with Crippen LogP contribution in [0.3, 0.4) is 0 Å². The fraction of sp³-hybridized carbons (Fsp3) is 0.171. The second-order valence-electron chi connectivity index (χ2n) is 13.1. The Balaban J connectivity index is 0.000000166. The van der Waals surface area contributed by atoms with Gasteiger partial charge in [-0.1, -0.05) is 6.07 Å². The highest BCUT2D eigenvalue weighted by Gasteiger charge is 2.12. The summed E-state index contributed by atoms with van der Waals surface area (Å²) >= 11 is 5.76. The summed E-state index contributed by atoms with van der Waals surface area (Å²) in [5, 5.41) is 9.55. The van der Waals surface area contributed by atoms with Gasteiger partial charge >= 0.3 is 11.5 Å². The molecule has 4 heterocycles. The van der Waals surface area contributed by atoms with Crippen molar-refractivity contribution in [1.29, 1.82) is 0 Å². The molecular formula is C41H38ClF2N9O6. The Morgan fingerprint density at radius 1 is 0.610 bits per heavy atom. The monoisotopic (exact) mass is 825 g/mol. The first-order valence-electron chi connectivity index (χ1n) is 17.7. The molecule has 0 amide bonds. The number of aromatic amines is 2. The molecule has 18 heteroatoms. The maximum absolute atomic E-state index is 14.0. The average Bonchev–Trinajstić information content (AvgIpc) is 3.77. The molecule has 8 rings (SSSR count). The number of rotatable bonds is 8. The number of H-pyrrole nitrogens is 2. The lowest BCUT2D eigenvalue weighted by atomic mass is 10.1. The zero-order valence-electron chi connectivity index (χ0n) is 32.8. The highest BCUT2D eigenvalue weighted by atomic mass is 35.5. The van der Waals surface area contributed by atoms with Gasteiger partial charge in [0.25, 0.3) is 0 Å². The first kappa shape index (κ1) is 41.4. The number of methoxy groups -OCH3 is 2. The molecule has 8 aromatic rings. The second-order valence-corrected chi connectivity index (χ2v) is 13.5. The Morgan fingerprint density at radius 3 is 1.68 bits per heavy atom. The van der Waals surface area contributed by atoms with E-state index in [1.807, 2.05) is 20.8 Å². The number of benzene rings is 4.